The predicted molar refractivity (Wildman–Crippen MR) is 100 cm³/mol. The summed E-state index contributed by atoms with van der Waals surface area (Å²) in [6.45, 7) is 4.11. The van der Waals surface area contributed by atoms with Gasteiger partial charge in [0.1, 0.15) is 0 Å². The number of halogens is 3. The van der Waals surface area contributed by atoms with Crippen molar-refractivity contribution in [2.75, 3.05) is 0 Å². The molecule has 5 heteroatoms. The summed E-state index contributed by atoms with van der Waals surface area (Å²) < 4.78 is 0.862. The van der Waals surface area contributed by atoms with Crippen LogP contribution in [0.5, 0.6) is 0 Å². The summed E-state index contributed by atoms with van der Waals surface area (Å²) in [4.78, 5) is 5.80. The van der Waals surface area contributed by atoms with E-state index in [1.54, 1.807) is 11.3 Å². The van der Waals surface area contributed by atoms with Gasteiger partial charge in [0.25, 0.3) is 0 Å². The topological polar surface area (TPSA) is 12.9 Å². The third-order valence-corrected chi connectivity index (χ3v) is 5.49. The van der Waals surface area contributed by atoms with Gasteiger partial charge in [0.05, 0.1) is 10.6 Å². The number of aromatic nitrogens is 1. The summed E-state index contributed by atoms with van der Waals surface area (Å²) in [6, 6.07) is 11.8. The molecule has 2 aromatic carbocycles. The van der Waals surface area contributed by atoms with Gasteiger partial charge in [-0.15, -0.1) is 11.3 Å². The number of benzene rings is 2. The van der Waals surface area contributed by atoms with Crippen molar-refractivity contribution >= 4 is 50.5 Å². The van der Waals surface area contributed by atoms with Crippen LogP contribution in [-0.4, -0.2) is 4.98 Å². The van der Waals surface area contributed by atoms with E-state index in [-0.39, 0.29) is 0 Å². The summed E-state index contributed by atoms with van der Waals surface area (Å²) in [5.41, 5.74) is 5.46. The van der Waals surface area contributed by atoms with Crippen molar-refractivity contribution < 1.29 is 0 Å². The summed E-state index contributed by atoms with van der Waals surface area (Å²) in [5.74, 6) is 0. The van der Waals surface area contributed by atoms with E-state index in [1.165, 1.54) is 0 Å². The molecule has 0 unspecified atom stereocenters. The molecule has 3 aromatic rings. The first kappa shape index (κ1) is 16.0. The van der Waals surface area contributed by atoms with Crippen LogP contribution in [0.4, 0.5) is 0 Å². The normalized spacial score (nSPS) is 11.0. The summed E-state index contributed by atoms with van der Waals surface area (Å²) in [6.07, 6.45) is 0. The average molecular weight is 413 g/mol. The van der Waals surface area contributed by atoms with Gasteiger partial charge in [0.2, 0.25) is 0 Å². The highest BCUT2D eigenvalue weighted by Crippen LogP contribution is 2.41. The zero-order valence-electron chi connectivity index (χ0n) is 12.0. The van der Waals surface area contributed by atoms with E-state index in [1.807, 2.05) is 43.3 Å². The zero-order chi connectivity index (χ0) is 15.9. The number of aryl methyl sites for hydroxylation is 2. The Bertz CT molecular complexity index is 789. The molecule has 0 saturated heterocycles. The van der Waals surface area contributed by atoms with Gasteiger partial charge in [-0.05, 0) is 70.7 Å². The largest absolute Gasteiger partial charge is 0.228 e. The van der Waals surface area contributed by atoms with E-state index >= 15 is 0 Å². The molecule has 0 N–H and O–H groups in total. The molecule has 0 atom stereocenters. The minimum absolute atomic E-state index is 0.736. The van der Waals surface area contributed by atoms with E-state index in [4.69, 9.17) is 23.2 Å². The second-order valence-electron chi connectivity index (χ2n) is 5.06. The minimum atomic E-state index is 0.736. The second kappa shape index (κ2) is 6.32. The molecule has 0 spiro atoms. The lowest BCUT2D eigenvalue weighted by Crippen LogP contribution is -1.88. The van der Waals surface area contributed by atoms with E-state index in [9.17, 15) is 0 Å². The highest BCUT2D eigenvalue weighted by atomic mass is 79.9. The van der Waals surface area contributed by atoms with Gasteiger partial charge in [-0.25, -0.2) is 4.98 Å². The molecular formula is C17H12BrCl2NS. The molecule has 1 heterocycles. The molecule has 112 valence electrons. The van der Waals surface area contributed by atoms with Gasteiger partial charge in [-0.2, -0.15) is 0 Å². The maximum atomic E-state index is 6.07. The second-order valence-corrected chi connectivity index (χ2v) is 8.21. The standard InChI is InChI=1S/C17H12BrCl2NS/c1-9-7-11(19)3-5-13(9)15-16(22-17(18)21-15)14-6-4-12(20)8-10(14)2/h3-8H,1-2H3. The highest BCUT2D eigenvalue weighted by molar-refractivity contribution is 9.11. The maximum Gasteiger partial charge on any atom is 0.160 e. The van der Waals surface area contributed by atoms with Crippen molar-refractivity contribution in [3.05, 3.63) is 61.5 Å². The molecule has 0 saturated carbocycles. The van der Waals surface area contributed by atoms with Gasteiger partial charge in [0, 0.05) is 15.6 Å². The van der Waals surface area contributed by atoms with Crippen LogP contribution in [0.1, 0.15) is 11.1 Å². The van der Waals surface area contributed by atoms with Crippen molar-refractivity contribution in [2.24, 2.45) is 0 Å². The summed E-state index contributed by atoms with van der Waals surface area (Å²) in [7, 11) is 0. The van der Waals surface area contributed by atoms with Crippen LogP contribution in [0.15, 0.2) is 40.3 Å². The third kappa shape index (κ3) is 3.09. The highest BCUT2D eigenvalue weighted by Gasteiger charge is 2.17. The fourth-order valence-electron chi connectivity index (χ4n) is 2.43. The smallest absolute Gasteiger partial charge is 0.160 e. The Labute approximate surface area is 152 Å². The molecule has 0 bridgehead atoms. The molecule has 0 amide bonds. The molecular weight excluding hydrogens is 401 g/mol. The molecule has 0 aliphatic rings. The Morgan fingerprint density at radius 3 is 2.00 bits per heavy atom. The molecule has 1 aromatic heterocycles. The molecule has 22 heavy (non-hydrogen) atoms. The van der Waals surface area contributed by atoms with Crippen LogP contribution < -0.4 is 0 Å². The monoisotopic (exact) mass is 411 g/mol. The van der Waals surface area contributed by atoms with Gasteiger partial charge in [-0.1, -0.05) is 35.3 Å². The molecule has 3 rings (SSSR count). The Morgan fingerprint density at radius 2 is 1.45 bits per heavy atom. The molecule has 0 aliphatic carbocycles. The molecule has 0 radical (unpaired) electrons. The Balaban J connectivity index is 2.22. The Kier molecular flexibility index (Phi) is 4.60. The van der Waals surface area contributed by atoms with Gasteiger partial charge in [-0.3, -0.25) is 0 Å². The Morgan fingerprint density at radius 1 is 0.909 bits per heavy atom. The quantitative estimate of drug-likeness (QED) is 0.434. The lowest BCUT2D eigenvalue weighted by atomic mass is 10.0. The number of rotatable bonds is 2. The summed E-state index contributed by atoms with van der Waals surface area (Å²) >= 11 is 17.3. The number of thiazole rings is 1. The van der Waals surface area contributed by atoms with E-state index in [0.717, 1.165) is 46.8 Å². The fourth-order valence-corrected chi connectivity index (χ4v) is 4.45. The van der Waals surface area contributed by atoms with Gasteiger partial charge < -0.3 is 0 Å². The Hall–Kier alpha value is -0.870. The predicted octanol–water partition coefficient (Wildman–Crippen LogP) is 7.16. The van der Waals surface area contributed by atoms with Crippen molar-refractivity contribution in [2.45, 2.75) is 13.8 Å². The van der Waals surface area contributed by atoms with Crippen LogP contribution in [0.25, 0.3) is 21.7 Å². The maximum absolute atomic E-state index is 6.07. The van der Waals surface area contributed by atoms with Gasteiger partial charge >= 0.3 is 0 Å². The first-order valence-corrected chi connectivity index (χ1v) is 9.01. The number of hydrogen-bond acceptors (Lipinski definition) is 2. The lowest BCUT2D eigenvalue weighted by Gasteiger charge is -2.09. The van der Waals surface area contributed by atoms with Crippen molar-refractivity contribution in [3.8, 4) is 21.7 Å². The molecule has 0 fully saturated rings. The first-order valence-electron chi connectivity index (χ1n) is 6.65. The SMILES string of the molecule is Cc1cc(Cl)ccc1-c1nc(Br)sc1-c1ccc(Cl)cc1C. The van der Waals surface area contributed by atoms with Crippen LogP contribution in [-0.2, 0) is 0 Å². The van der Waals surface area contributed by atoms with Crippen molar-refractivity contribution in [3.63, 3.8) is 0 Å². The molecule has 1 nitrogen and oxygen atoms in total. The van der Waals surface area contributed by atoms with E-state index < -0.39 is 0 Å². The van der Waals surface area contributed by atoms with E-state index in [2.05, 4.69) is 27.8 Å². The van der Waals surface area contributed by atoms with Crippen LogP contribution in [0.2, 0.25) is 10.0 Å². The van der Waals surface area contributed by atoms with Crippen LogP contribution >= 0.6 is 50.5 Å². The van der Waals surface area contributed by atoms with Crippen LogP contribution in [0.3, 0.4) is 0 Å². The third-order valence-electron chi connectivity index (χ3n) is 3.48. The first-order chi connectivity index (χ1) is 10.5. The average Bonchev–Trinajstić information content (AvgIpc) is 2.80. The fraction of sp³-hybridized carbons (Fsp3) is 0.118. The number of hydrogen-bond donors (Lipinski definition) is 0. The van der Waals surface area contributed by atoms with Gasteiger partial charge in [0.15, 0.2) is 3.92 Å². The van der Waals surface area contributed by atoms with Crippen LogP contribution in [0, 0.1) is 13.8 Å². The van der Waals surface area contributed by atoms with Crippen molar-refractivity contribution in [1.82, 2.24) is 4.98 Å². The zero-order valence-corrected chi connectivity index (χ0v) is 15.9. The summed E-state index contributed by atoms with van der Waals surface area (Å²) in [5, 5.41) is 1.48. The van der Waals surface area contributed by atoms with E-state index in [0.29, 0.717) is 0 Å². The number of nitrogens with zero attached hydrogens (tertiary/aromatic N) is 1. The van der Waals surface area contributed by atoms with Crippen molar-refractivity contribution in [1.29, 1.82) is 0 Å². The minimum Gasteiger partial charge on any atom is -0.228 e. The molecule has 0 aliphatic heterocycles. The lowest BCUT2D eigenvalue weighted by molar-refractivity contribution is 1.34.